The number of aromatic nitrogens is 2. The summed E-state index contributed by atoms with van der Waals surface area (Å²) in [5.41, 5.74) is 2.88. The second-order valence-corrected chi connectivity index (χ2v) is 4.78. The van der Waals surface area contributed by atoms with Gasteiger partial charge in [0, 0.05) is 12.4 Å². The molecule has 0 aliphatic heterocycles. The molecule has 3 aromatic rings. The molecular formula is C16H14N2O3. The van der Waals surface area contributed by atoms with Crippen LogP contribution in [0.15, 0.2) is 48.8 Å². The topological polar surface area (TPSA) is 63.8 Å². The largest absolute Gasteiger partial charge is 0.485 e. The second-order valence-electron chi connectivity index (χ2n) is 4.78. The first-order valence-corrected chi connectivity index (χ1v) is 6.53. The Labute approximate surface area is 121 Å². The van der Waals surface area contributed by atoms with Crippen LogP contribution in [-0.2, 0) is 6.61 Å². The highest BCUT2D eigenvalue weighted by Crippen LogP contribution is 2.20. The van der Waals surface area contributed by atoms with Gasteiger partial charge in [0.2, 0.25) is 0 Å². The van der Waals surface area contributed by atoms with Crippen LogP contribution < -0.4 is 4.74 Å². The van der Waals surface area contributed by atoms with Crippen molar-refractivity contribution in [3.63, 3.8) is 0 Å². The van der Waals surface area contributed by atoms with Crippen molar-refractivity contribution < 1.29 is 14.6 Å². The fourth-order valence-electron chi connectivity index (χ4n) is 2.13. The number of imidazole rings is 1. The summed E-state index contributed by atoms with van der Waals surface area (Å²) in [7, 11) is 0. The van der Waals surface area contributed by atoms with E-state index in [1.165, 1.54) is 0 Å². The molecule has 2 aromatic heterocycles. The fourth-order valence-corrected chi connectivity index (χ4v) is 2.13. The molecule has 0 radical (unpaired) electrons. The van der Waals surface area contributed by atoms with Crippen LogP contribution >= 0.6 is 0 Å². The molecule has 106 valence electrons. The number of hydrogen-bond acceptors (Lipinski definition) is 3. The van der Waals surface area contributed by atoms with Crippen molar-refractivity contribution >= 4 is 11.6 Å². The molecule has 0 amide bonds. The smallest absolute Gasteiger partial charge is 0.335 e. The molecule has 5 nitrogen and oxygen atoms in total. The van der Waals surface area contributed by atoms with Gasteiger partial charge in [-0.15, -0.1) is 0 Å². The third kappa shape index (κ3) is 2.72. The predicted molar refractivity (Wildman–Crippen MR) is 77.7 cm³/mol. The predicted octanol–water partition coefficient (Wildman–Crippen LogP) is 2.92. The zero-order valence-corrected chi connectivity index (χ0v) is 11.5. The van der Waals surface area contributed by atoms with Crippen LogP contribution in [0.1, 0.15) is 21.6 Å². The van der Waals surface area contributed by atoms with E-state index in [-0.39, 0.29) is 5.56 Å². The first kappa shape index (κ1) is 13.2. The van der Waals surface area contributed by atoms with E-state index in [0.29, 0.717) is 12.4 Å². The number of rotatable bonds is 4. The summed E-state index contributed by atoms with van der Waals surface area (Å²) < 4.78 is 7.70. The molecule has 5 heteroatoms. The Hall–Kier alpha value is -2.82. The SMILES string of the molecule is Cc1cn2cccc(OCc3ccc(C(=O)O)cc3)c2n1. The van der Waals surface area contributed by atoms with E-state index in [9.17, 15) is 4.79 Å². The van der Waals surface area contributed by atoms with Gasteiger partial charge < -0.3 is 14.2 Å². The number of carboxylic acids is 1. The number of carboxylic acid groups (broad SMARTS) is 1. The van der Waals surface area contributed by atoms with Crippen molar-refractivity contribution in [3.05, 3.63) is 65.6 Å². The summed E-state index contributed by atoms with van der Waals surface area (Å²) in [6.07, 6.45) is 3.85. The molecule has 0 fully saturated rings. The molecule has 21 heavy (non-hydrogen) atoms. The van der Waals surface area contributed by atoms with E-state index < -0.39 is 5.97 Å². The summed E-state index contributed by atoms with van der Waals surface area (Å²) in [4.78, 5) is 15.2. The Bertz CT molecular complexity index is 791. The number of benzene rings is 1. The van der Waals surface area contributed by atoms with Crippen LogP contribution in [-0.4, -0.2) is 20.5 Å². The lowest BCUT2D eigenvalue weighted by atomic mass is 10.1. The molecule has 0 saturated carbocycles. The van der Waals surface area contributed by atoms with E-state index in [2.05, 4.69) is 4.98 Å². The number of hydrogen-bond donors (Lipinski definition) is 1. The fraction of sp³-hybridized carbons (Fsp3) is 0.125. The van der Waals surface area contributed by atoms with E-state index in [1.807, 2.05) is 35.9 Å². The molecule has 0 spiro atoms. The molecule has 0 aliphatic carbocycles. The minimum absolute atomic E-state index is 0.268. The van der Waals surface area contributed by atoms with Gasteiger partial charge in [-0.05, 0) is 36.8 Å². The number of aryl methyl sites for hydroxylation is 1. The van der Waals surface area contributed by atoms with Crippen LogP contribution in [0.3, 0.4) is 0 Å². The van der Waals surface area contributed by atoms with Gasteiger partial charge in [-0.1, -0.05) is 12.1 Å². The van der Waals surface area contributed by atoms with Gasteiger partial charge in [0.15, 0.2) is 11.4 Å². The lowest BCUT2D eigenvalue weighted by Gasteiger charge is -2.07. The molecule has 0 bridgehead atoms. The van der Waals surface area contributed by atoms with E-state index >= 15 is 0 Å². The number of pyridine rings is 1. The second kappa shape index (κ2) is 5.28. The Morgan fingerprint density at radius 3 is 2.76 bits per heavy atom. The van der Waals surface area contributed by atoms with Gasteiger partial charge in [0.25, 0.3) is 0 Å². The van der Waals surface area contributed by atoms with Gasteiger partial charge >= 0.3 is 5.97 Å². The quantitative estimate of drug-likeness (QED) is 0.799. The normalized spacial score (nSPS) is 10.7. The highest BCUT2D eigenvalue weighted by molar-refractivity contribution is 5.87. The highest BCUT2D eigenvalue weighted by Gasteiger charge is 2.06. The zero-order valence-electron chi connectivity index (χ0n) is 11.5. The molecule has 1 aromatic carbocycles. The maximum absolute atomic E-state index is 10.8. The lowest BCUT2D eigenvalue weighted by Crippen LogP contribution is -2.00. The van der Waals surface area contributed by atoms with E-state index in [0.717, 1.165) is 16.9 Å². The summed E-state index contributed by atoms with van der Waals surface area (Å²) in [5, 5.41) is 8.86. The summed E-state index contributed by atoms with van der Waals surface area (Å²) in [5.74, 6) is -0.229. The van der Waals surface area contributed by atoms with E-state index in [1.54, 1.807) is 24.3 Å². The van der Waals surface area contributed by atoms with Gasteiger partial charge in [-0.3, -0.25) is 0 Å². The third-order valence-electron chi connectivity index (χ3n) is 3.16. The molecule has 0 unspecified atom stereocenters. The van der Waals surface area contributed by atoms with Crippen LogP contribution in [0.5, 0.6) is 5.75 Å². The number of nitrogens with zero attached hydrogens (tertiary/aromatic N) is 2. The summed E-state index contributed by atoms with van der Waals surface area (Å²) >= 11 is 0. The number of carbonyl (C=O) groups is 1. The number of ether oxygens (including phenoxy) is 1. The Morgan fingerprint density at radius 1 is 1.29 bits per heavy atom. The zero-order chi connectivity index (χ0) is 14.8. The van der Waals surface area contributed by atoms with Gasteiger partial charge in [-0.25, -0.2) is 9.78 Å². The van der Waals surface area contributed by atoms with Crippen molar-refractivity contribution in [3.8, 4) is 5.75 Å². The molecule has 0 atom stereocenters. The molecule has 2 heterocycles. The molecular weight excluding hydrogens is 268 g/mol. The molecule has 3 rings (SSSR count). The Morgan fingerprint density at radius 2 is 2.05 bits per heavy atom. The van der Waals surface area contributed by atoms with Crippen LogP contribution in [0, 0.1) is 6.92 Å². The van der Waals surface area contributed by atoms with Gasteiger partial charge in [0.05, 0.1) is 11.3 Å². The van der Waals surface area contributed by atoms with Crippen molar-refractivity contribution in [2.45, 2.75) is 13.5 Å². The van der Waals surface area contributed by atoms with Crippen LogP contribution in [0.2, 0.25) is 0 Å². The van der Waals surface area contributed by atoms with Crippen molar-refractivity contribution in [1.29, 1.82) is 0 Å². The standard InChI is InChI=1S/C16H14N2O3/c1-11-9-18-8-2-3-14(15(18)17-11)21-10-12-4-6-13(7-5-12)16(19)20/h2-9H,10H2,1H3,(H,19,20). The van der Waals surface area contributed by atoms with Gasteiger partial charge in [-0.2, -0.15) is 0 Å². The molecule has 0 saturated heterocycles. The average Bonchev–Trinajstić information content (AvgIpc) is 2.86. The molecule has 0 aliphatic rings. The minimum Gasteiger partial charge on any atom is -0.485 e. The summed E-state index contributed by atoms with van der Waals surface area (Å²) in [6, 6.07) is 10.4. The summed E-state index contributed by atoms with van der Waals surface area (Å²) in [6.45, 7) is 2.30. The first-order valence-electron chi connectivity index (χ1n) is 6.53. The first-order chi connectivity index (χ1) is 10.1. The van der Waals surface area contributed by atoms with Crippen molar-refractivity contribution in [2.24, 2.45) is 0 Å². The van der Waals surface area contributed by atoms with Gasteiger partial charge in [0.1, 0.15) is 6.61 Å². The van der Waals surface area contributed by atoms with Crippen molar-refractivity contribution in [2.75, 3.05) is 0 Å². The van der Waals surface area contributed by atoms with E-state index in [4.69, 9.17) is 9.84 Å². The lowest BCUT2D eigenvalue weighted by molar-refractivity contribution is 0.0697. The monoisotopic (exact) mass is 282 g/mol. The highest BCUT2D eigenvalue weighted by atomic mass is 16.5. The minimum atomic E-state index is -0.930. The van der Waals surface area contributed by atoms with Crippen molar-refractivity contribution in [1.82, 2.24) is 9.38 Å². The average molecular weight is 282 g/mol. The Balaban J connectivity index is 1.78. The van der Waals surface area contributed by atoms with Crippen LogP contribution in [0.25, 0.3) is 5.65 Å². The number of fused-ring (bicyclic) bond motifs is 1. The maximum Gasteiger partial charge on any atom is 0.335 e. The van der Waals surface area contributed by atoms with Crippen LogP contribution in [0.4, 0.5) is 0 Å². The molecule has 1 N–H and O–H groups in total. The maximum atomic E-state index is 10.8. The Kier molecular flexibility index (Phi) is 3.31. The number of aromatic carboxylic acids is 1. The third-order valence-corrected chi connectivity index (χ3v) is 3.16.